The molecule has 2 heterocycles. The van der Waals surface area contributed by atoms with Crippen LogP contribution in [0.2, 0.25) is 5.02 Å². The number of rotatable bonds is 6. The van der Waals surface area contributed by atoms with E-state index < -0.39 is 10.0 Å². The van der Waals surface area contributed by atoms with E-state index in [0.29, 0.717) is 16.4 Å². The lowest BCUT2D eigenvalue weighted by Gasteiger charge is -2.04. The molecule has 9 heteroatoms. The standard InChI is InChI=1S/C14H12ClN3O3S2/c15-11-5-3-10(4-6-11)9-23(19,20)16-8-13-17-14(18-21-13)12-2-1-7-22-12/h1-7,16H,8-9H2. The van der Waals surface area contributed by atoms with Gasteiger partial charge in [-0.25, -0.2) is 13.1 Å². The molecular formula is C14H12ClN3O3S2. The van der Waals surface area contributed by atoms with Gasteiger partial charge in [0.1, 0.15) is 0 Å². The van der Waals surface area contributed by atoms with Gasteiger partial charge in [-0.05, 0) is 29.1 Å². The van der Waals surface area contributed by atoms with Crippen LogP contribution in [0.4, 0.5) is 0 Å². The molecule has 2 aromatic heterocycles. The van der Waals surface area contributed by atoms with Crippen molar-refractivity contribution in [3.8, 4) is 10.7 Å². The molecule has 23 heavy (non-hydrogen) atoms. The van der Waals surface area contributed by atoms with Gasteiger partial charge < -0.3 is 4.52 Å². The minimum absolute atomic E-state index is 0.0473. The second-order valence-electron chi connectivity index (χ2n) is 4.70. The quantitative estimate of drug-likeness (QED) is 0.721. The molecule has 0 saturated heterocycles. The first kappa shape index (κ1) is 16.1. The molecule has 0 fully saturated rings. The molecule has 0 spiro atoms. The van der Waals surface area contributed by atoms with Gasteiger partial charge >= 0.3 is 0 Å². The molecule has 0 aliphatic heterocycles. The molecule has 0 saturated carbocycles. The Balaban J connectivity index is 1.62. The van der Waals surface area contributed by atoms with Crippen LogP contribution >= 0.6 is 22.9 Å². The Bertz CT molecular complexity index is 874. The largest absolute Gasteiger partial charge is 0.337 e. The zero-order chi connectivity index (χ0) is 16.3. The Hall–Kier alpha value is -1.74. The topological polar surface area (TPSA) is 85.1 Å². The molecule has 1 N–H and O–H groups in total. The monoisotopic (exact) mass is 369 g/mol. The molecule has 0 atom stereocenters. The minimum atomic E-state index is -3.51. The lowest BCUT2D eigenvalue weighted by molar-refractivity contribution is 0.376. The molecule has 0 amide bonds. The van der Waals surface area contributed by atoms with E-state index in [0.717, 1.165) is 4.88 Å². The maximum atomic E-state index is 12.1. The fourth-order valence-corrected chi connectivity index (χ4v) is 3.71. The van der Waals surface area contributed by atoms with Crippen molar-refractivity contribution in [3.05, 3.63) is 58.3 Å². The first-order chi connectivity index (χ1) is 11.0. The summed E-state index contributed by atoms with van der Waals surface area (Å²) < 4.78 is 31.6. The Morgan fingerprint density at radius 3 is 2.70 bits per heavy atom. The SMILES string of the molecule is O=S(=O)(Cc1ccc(Cl)cc1)NCc1nc(-c2cccs2)no1. The summed E-state index contributed by atoms with van der Waals surface area (Å²) in [7, 11) is -3.51. The van der Waals surface area contributed by atoms with E-state index in [9.17, 15) is 8.42 Å². The van der Waals surface area contributed by atoms with Crippen LogP contribution in [0.25, 0.3) is 10.7 Å². The molecule has 3 rings (SSSR count). The third-order valence-corrected chi connectivity index (χ3v) is 5.34. The number of halogens is 1. The summed E-state index contributed by atoms with van der Waals surface area (Å²) in [6, 6.07) is 10.4. The maximum Gasteiger partial charge on any atom is 0.242 e. The molecule has 3 aromatic rings. The molecule has 0 unspecified atom stereocenters. The Labute approximate surface area is 142 Å². The van der Waals surface area contributed by atoms with Crippen molar-refractivity contribution >= 4 is 33.0 Å². The van der Waals surface area contributed by atoms with Crippen LogP contribution in [-0.2, 0) is 22.3 Å². The summed E-state index contributed by atoms with van der Waals surface area (Å²) in [4.78, 5) is 5.03. The van der Waals surface area contributed by atoms with Crippen molar-refractivity contribution in [1.82, 2.24) is 14.9 Å². The number of aromatic nitrogens is 2. The van der Waals surface area contributed by atoms with Gasteiger partial charge in [0.25, 0.3) is 0 Å². The molecule has 120 valence electrons. The van der Waals surface area contributed by atoms with Crippen LogP contribution in [0, 0.1) is 0 Å². The Kier molecular flexibility index (Phi) is 4.76. The number of hydrogen-bond donors (Lipinski definition) is 1. The van der Waals surface area contributed by atoms with Crippen LogP contribution in [0.5, 0.6) is 0 Å². The Morgan fingerprint density at radius 1 is 1.22 bits per heavy atom. The van der Waals surface area contributed by atoms with Crippen molar-refractivity contribution in [2.45, 2.75) is 12.3 Å². The molecule has 1 aromatic carbocycles. The smallest absolute Gasteiger partial charge is 0.242 e. The predicted molar refractivity (Wildman–Crippen MR) is 88.5 cm³/mol. The number of nitrogens with zero attached hydrogens (tertiary/aromatic N) is 2. The molecule has 0 radical (unpaired) electrons. The van der Waals surface area contributed by atoms with Crippen LogP contribution in [0.15, 0.2) is 46.3 Å². The van der Waals surface area contributed by atoms with Crippen molar-refractivity contribution in [3.63, 3.8) is 0 Å². The van der Waals surface area contributed by atoms with Crippen LogP contribution in [-0.4, -0.2) is 18.6 Å². The minimum Gasteiger partial charge on any atom is -0.337 e. The Morgan fingerprint density at radius 2 is 2.00 bits per heavy atom. The lowest BCUT2D eigenvalue weighted by atomic mass is 10.2. The van der Waals surface area contributed by atoms with Crippen molar-refractivity contribution in [2.24, 2.45) is 0 Å². The fourth-order valence-electron chi connectivity index (χ4n) is 1.86. The van der Waals surface area contributed by atoms with Gasteiger partial charge in [0, 0.05) is 5.02 Å². The van der Waals surface area contributed by atoms with E-state index >= 15 is 0 Å². The highest BCUT2D eigenvalue weighted by Crippen LogP contribution is 2.21. The van der Waals surface area contributed by atoms with Gasteiger partial charge in [-0.2, -0.15) is 4.98 Å². The summed E-state index contributed by atoms with van der Waals surface area (Å²) in [6.07, 6.45) is 0. The van der Waals surface area contributed by atoms with Crippen LogP contribution in [0.1, 0.15) is 11.5 Å². The zero-order valence-electron chi connectivity index (χ0n) is 11.8. The molecule has 0 aliphatic rings. The van der Waals surface area contributed by atoms with Gasteiger partial charge in [0.2, 0.25) is 21.7 Å². The second kappa shape index (κ2) is 6.79. The van der Waals surface area contributed by atoms with Crippen molar-refractivity contribution in [2.75, 3.05) is 0 Å². The number of sulfonamides is 1. The number of hydrogen-bond acceptors (Lipinski definition) is 6. The summed E-state index contributed by atoms with van der Waals surface area (Å²) in [5, 5.41) is 6.29. The van der Waals surface area contributed by atoms with Crippen LogP contribution < -0.4 is 4.72 Å². The summed E-state index contributed by atoms with van der Waals surface area (Å²) in [5.41, 5.74) is 0.645. The molecule has 0 aliphatic carbocycles. The van der Waals surface area contributed by atoms with E-state index in [-0.39, 0.29) is 18.2 Å². The molecular weight excluding hydrogens is 358 g/mol. The van der Waals surface area contributed by atoms with Gasteiger partial charge in [-0.1, -0.05) is 35.0 Å². The first-order valence-electron chi connectivity index (χ1n) is 6.60. The highest BCUT2D eigenvalue weighted by Gasteiger charge is 2.15. The third kappa shape index (κ3) is 4.38. The number of thiophene rings is 1. The van der Waals surface area contributed by atoms with E-state index in [1.807, 2.05) is 17.5 Å². The van der Waals surface area contributed by atoms with E-state index in [4.69, 9.17) is 16.1 Å². The summed E-state index contributed by atoms with van der Waals surface area (Å²) in [5.74, 6) is 0.524. The maximum absolute atomic E-state index is 12.1. The zero-order valence-corrected chi connectivity index (χ0v) is 14.2. The van der Waals surface area contributed by atoms with E-state index in [2.05, 4.69) is 14.9 Å². The average molecular weight is 370 g/mol. The highest BCUT2D eigenvalue weighted by molar-refractivity contribution is 7.88. The van der Waals surface area contributed by atoms with E-state index in [1.165, 1.54) is 11.3 Å². The van der Waals surface area contributed by atoms with Gasteiger partial charge in [-0.3, -0.25) is 0 Å². The predicted octanol–water partition coefficient (Wildman–Crippen LogP) is 3.07. The number of benzene rings is 1. The highest BCUT2D eigenvalue weighted by atomic mass is 35.5. The van der Waals surface area contributed by atoms with Crippen LogP contribution in [0.3, 0.4) is 0 Å². The van der Waals surface area contributed by atoms with Crippen molar-refractivity contribution < 1.29 is 12.9 Å². The van der Waals surface area contributed by atoms with Gasteiger partial charge in [0.05, 0.1) is 17.2 Å². The molecule has 0 bridgehead atoms. The molecule has 6 nitrogen and oxygen atoms in total. The van der Waals surface area contributed by atoms with Crippen molar-refractivity contribution in [1.29, 1.82) is 0 Å². The van der Waals surface area contributed by atoms with Gasteiger partial charge in [0.15, 0.2) is 0 Å². The van der Waals surface area contributed by atoms with Gasteiger partial charge in [-0.15, -0.1) is 11.3 Å². The lowest BCUT2D eigenvalue weighted by Crippen LogP contribution is -2.24. The number of nitrogens with one attached hydrogen (secondary N) is 1. The summed E-state index contributed by atoms with van der Waals surface area (Å²) >= 11 is 7.26. The van der Waals surface area contributed by atoms with E-state index in [1.54, 1.807) is 24.3 Å². The normalized spacial score (nSPS) is 11.7. The third-order valence-electron chi connectivity index (χ3n) is 2.92. The summed E-state index contributed by atoms with van der Waals surface area (Å²) in [6.45, 7) is -0.0473. The fraction of sp³-hybridized carbons (Fsp3) is 0.143. The second-order valence-corrected chi connectivity index (χ2v) is 7.89. The average Bonchev–Trinajstić information content (AvgIpc) is 3.18. The first-order valence-corrected chi connectivity index (χ1v) is 9.51.